The maximum atomic E-state index is 12.3. The van der Waals surface area contributed by atoms with E-state index in [0.29, 0.717) is 16.5 Å². The molecule has 6 heteroatoms. The number of carbonyl (C=O) groups is 2. The maximum absolute atomic E-state index is 12.3. The van der Waals surface area contributed by atoms with Crippen molar-refractivity contribution in [2.45, 2.75) is 26.3 Å². The zero-order chi connectivity index (χ0) is 13.3. The summed E-state index contributed by atoms with van der Waals surface area (Å²) in [6, 6.07) is 1.18. The monoisotopic (exact) mass is 285 g/mol. The van der Waals surface area contributed by atoms with E-state index in [1.807, 2.05) is 13.0 Å². The van der Waals surface area contributed by atoms with Gasteiger partial charge in [0.2, 0.25) is 0 Å². The topological polar surface area (TPSA) is 57.6 Å². The fourth-order valence-corrected chi connectivity index (χ4v) is 4.18. The van der Waals surface area contributed by atoms with Crippen LogP contribution in [0.4, 0.5) is 0 Å². The maximum Gasteiger partial charge on any atom is 0.327 e. The zero-order valence-electron chi connectivity index (χ0n) is 10.3. The fraction of sp³-hybridized carbons (Fsp3) is 0.500. The van der Waals surface area contributed by atoms with Gasteiger partial charge in [-0.15, -0.1) is 23.1 Å². The normalized spacial score (nSPS) is 19.2. The molecular formula is C12H15NO3S2. The van der Waals surface area contributed by atoms with Crippen molar-refractivity contribution in [3.63, 3.8) is 0 Å². The van der Waals surface area contributed by atoms with Crippen LogP contribution in [0.5, 0.6) is 0 Å². The first kappa shape index (κ1) is 13.4. The van der Waals surface area contributed by atoms with Gasteiger partial charge in [0.25, 0.3) is 5.91 Å². The Labute approximate surface area is 114 Å². The number of carboxylic acid groups (broad SMARTS) is 1. The average molecular weight is 285 g/mol. The molecule has 18 heavy (non-hydrogen) atoms. The summed E-state index contributed by atoms with van der Waals surface area (Å²) in [5, 5.41) is 9.08. The highest BCUT2D eigenvalue weighted by Gasteiger charge is 2.35. The Bertz CT molecular complexity index is 484. The number of rotatable bonds is 3. The molecule has 2 heterocycles. The lowest BCUT2D eigenvalue weighted by molar-refractivity contribution is -0.140. The molecule has 1 aromatic heterocycles. The predicted molar refractivity (Wildman–Crippen MR) is 73.4 cm³/mol. The van der Waals surface area contributed by atoms with Gasteiger partial charge in [0.05, 0.1) is 10.8 Å². The van der Waals surface area contributed by atoms with Gasteiger partial charge < -0.3 is 10.0 Å². The Morgan fingerprint density at radius 2 is 2.28 bits per heavy atom. The SMILES string of the molecule is CCc1sc(C(=O)N2CSCC2C(=O)O)cc1C. The number of thiophene rings is 1. The number of thioether (sulfide) groups is 1. The van der Waals surface area contributed by atoms with Crippen molar-refractivity contribution in [1.29, 1.82) is 0 Å². The number of nitrogens with zero attached hydrogens (tertiary/aromatic N) is 1. The van der Waals surface area contributed by atoms with Crippen LogP contribution in [0.15, 0.2) is 6.07 Å². The van der Waals surface area contributed by atoms with E-state index in [-0.39, 0.29) is 5.91 Å². The van der Waals surface area contributed by atoms with Gasteiger partial charge in [-0.25, -0.2) is 4.79 Å². The molecule has 1 fully saturated rings. The summed E-state index contributed by atoms with van der Waals surface area (Å²) in [4.78, 5) is 26.7. The van der Waals surface area contributed by atoms with Crippen molar-refractivity contribution in [3.05, 3.63) is 21.4 Å². The van der Waals surface area contributed by atoms with Gasteiger partial charge in [0.15, 0.2) is 0 Å². The molecule has 1 unspecified atom stereocenters. The Balaban J connectivity index is 2.22. The summed E-state index contributed by atoms with van der Waals surface area (Å²) in [7, 11) is 0. The molecule has 0 radical (unpaired) electrons. The highest BCUT2D eigenvalue weighted by molar-refractivity contribution is 7.99. The van der Waals surface area contributed by atoms with Gasteiger partial charge in [0.1, 0.15) is 6.04 Å². The molecule has 0 spiro atoms. The standard InChI is InChI=1S/C12H15NO3S2/c1-3-9-7(2)4-10(18-9)11(14)13-6-17-5-8(13)12(15)16/h4,8H,3,5-6H2,1-2H3,(H,15,16). The molecule has 4 nitrogen and oxygen atoms in total. The summed E-state index contributed by atoms with van der Waals surface area (Å²) in [6.07, 6.45) is 0.904. The summed E-state index contributed by atoms with van der Waals surface area (Å²) in [5.41, 5.74) is 1.12. The zero-order valence-corrected chi connectivity index (χ0v) is 11.9. The lowest BCUT2D eigenvalue weighted by Crippen LogP contribution is -2.41. The van der Waals surface area contributed by atoms with Crippen molar-refractivity contribution in [2.24, 2.45) is 0 Å². The number of hydrogen-bond donors (Lipinski definition) is 1. The molecule has 1 N–H and O–H groups in total. The molecule has 1 aliphatic heterocycles. The van der Waals surface area contributed by atoms with Gasteiger partial charge in [0, 0.05) is 10.6 Å². The van der Waals surface area contributed by atoms with Crippen molar-refractivity contribution < 1.29 is 14.7 Å². The lowest BCUT2D eigenvalue weighted by Gasteiger charge is -2.19. The second kappa shape index (κ2) is 5.32. The van der Waals surface area contributed by atoms with Crippen LogP contribution in [0, 0.1) is 6.92 Å². The minimum atomic E-state index is -0.919. The average Bonchev–Trinajstić information content (AvgIpc) is 2.93. The van der Waals surface area contributed by atoms with E-state index in [2.05, 4.69) is 6.92 Å². The minimum absolute atomic E-state index is 0.153. The van der Waals surface area contributed by atoms with Crippen LogP contribution in [-0.4, -0.2) is 39.6 Å². The lowest BCUT2D eigenvalue weighted by atomic mass is 10.2. The van der Waals surface area contributed by atoms with Crippen LogP contribution in [0.2, 0.25) is 0 Å². The summed E-state index contributed by atoms with van der Waals surface area (Å²) < 4.78 is 0. The second-order valence-corrected chi connectivity index (χ2v) is 6.34. The van der Waals surface area contributed by atoms with Gasteiger partial charge in [-0.2, -0.15) is 0 Å². The molecule has 0 saturated carbocycles. The van der Waals surface area contributed by atoms with Crippen LogP contribution in [0.25, 0.3) is 0 Å². The van der Waals surface area contributed by atoms with E-state index in [4.69, 9.17) is 5.11 Å². The molecule has 0 aliphatic carbocycles. The van der Waals surface area contributed by atoms with Gasteiger partial charge >= 0.3 is 5.97 Å². The van der Waals surface area contributed by atoms with Crippen molar-refractivity contribution in [2.75, 3.05) is 11.6 Å². The number of aliphatic carboxylic acids is 1. The van der Waals surface area contributed by atoms with Crippen LogP contribution in [0.1, 0.15) is 27.0 Å². The largest absolute Gasteiger partial charge is 0.480 e. The van der Waals surface area contributed by atoms with E-state index in [0.717, 1.165) is 12.0 Å². The highest BCUT2D eigenvalue weighted by atomic mass is 32.2. The number of hydrogen-bond acceptors (Lipinski definition) is 4. The van der Waals surface area contributed by atoms with E-state index in [1.54, 1.807) is 0 Å². The van der Waals surface area contributed by atoms with Gasteiger partial charge in [-0.1, -0.05) is 6.92 Å². The third kappa shape index (κ3) is 2.40. The first-order valence-electron chi connectivity index (χ1n) is 5.75. The van der Waals surface area contributed by atoms with Gasteiger partial charge in [-0.3, -0.25) is 4.79 Å². The van der Waals surface area contributed by atoms with E-state index in [1.165, 1.54) is 32.9 Å². The highest BCUT2D eigenvalue weighted by Crippen LogP contribution is 2.28. The summed E-state index contributed by atoms with van der Waals surface area (Å²) >= 11 is 2.96. The number of aryl methyl sites for hydroxylation is 2. The first-order valence-corrected chi connectivity index (χ1v) is 7.72. The minimum Gasteiger partial charge on any atom is -0.480 e. The van der Waals surface area contributed by atoms with Crippen molar-refractivity contribution in [1.82, 2.24) is 4.90 Å². The van der Waals surface area contributed by atoms with Crippen LogP contribution < -0.4 is 0 Å². The molecule has 1 saturated heterocycles. The second-order valence-electron chi connectivity index (χ2n) is 4.20. The van der Waals surface area contributed by atoms with Crippen LogP contribution in [0.3, 0.4) is 0 Å². The van der Waals surface area contributed by atoms with Crippen molar-refractivity contribution in [3.8, 4) is 0 Å². The number of carboxylic acids is 1. The molecule has 1 atom stereocenters. The molecule has 0 bridgehead atoms. The Kier molecular flexibility index (Phi) is 3.97. The Morgan fingerprint density at radius 3 is 2.83 bits per heavy atom. The van der Waals surface area contributed by atoms with E-state index < -0.39 is 12.0 Å². The van der Waals surface area contributed by atoms with Crippen LogP contribution >= 0.6 is 23.1 Å². The Morgan fingerprint density at radius 1 is 1.56 bits per heavy atom. The summed E-state index contributed by atoms with van der Waals surface area (Å²) in [6.45, 7) is 4.04. The molecule has 0 aromatic carbocycles. The third-order valence-corrected chi connectivity index (χ3v) is 5.36. The van der Waals surface area contributed by atoms with Gasteiger partial charge in [-0.05, 0) is 25.0 Å². The fourth-order valence-electron chi connectivity index (χ4n) is 1.97. The molecular weight excluding hydrogens is 270 g/mol. The quantitative estimate of drug-likeness (QED) is 0.925. The third-order valence-electron chi connectivity index (χ3n) is 2.98. The summed E-state index contributed by atoms with van der Waals surface area (Å²) in [5.74, 6) is -0.127. The Hall–Kier alpha value is -1.01. The molecule has 98 valence electrons. The molecule has 1 aromatic rings. The van der Waals surface area contributed by atoms with Crippen LogP contribution in [-0.2, 0) is 11.2 Å². The van der Waals surface area contributed by atoms with E-state index >= 15 is 0 Å². The molecule has 1 amide bonds. The molecule has 2 rings (SSSR count). The van der Waals surface area contributed by atoms with E-state index in [9.17, 15) is 9.59 Å². The number of amides is 1. The molecule has 1 aliphatic rings. The number of carbonyl (C=O) groups excluding carboxylic acids is 1. The smallest absolute Gasteiger partial charge is 0.327 e. The predicted octanol–water partition coefficient (Wildman–Crippen LogP) is 2.22. The van der Waals surface area contributed by atoms with Crippen molar-refractivity contribution >= 4 is 35.0 Å². The first-order chi connectivity index (χ1) is 8.54.